The summed E-state index contributed by atoms with van der Waals surface area (Å²) in [5.41, 5.74) is 0. The van der Waals surface area contributed by atoms with Crippen molar-refractivity contribution in [1.82, 2.24) is 9.62 Å². The summed E-state index contributed by atoms with van der Waals surface area (Å²) in [5, 5.41) is 3.02. The van der Waals surface area contributed by atoms with Crippen LogP contribution in [0.5, 0.6) is 0 Å². The van der Waals surface area contributed by atoms with Gasteiger partial charge in [-0.15, -0.1) is 0 Å². The number of hydrogen-bond donors (Lipinski definition) is 1. The number of piperidine rings is 1. The Balaban J connectivity index is 1.87. The summed E-state index contributed by atoms with van der Waals surface area (Å²) in [5.74, 6) is -1.07. The van der Waals surface area contributed by atoms with Gasteiger partial charge in [0.2, 0.25) is 15.9 Å². The van der Waals surface area contributed by atoms with Gasteiger partial charge in [0, 0.05) is 24.0 Å². The molecule has 0 saturated carbocycles. The molecule has 0 aliphatic carbocycles. The van der Waals surface area contributed by atoms with Crippen LogP contribution in [-0.2, 0) is 24.3 Å². The molecule has 1 aliphatic heterocycles. The van der Waals surface area contributed by atoms with E-state index in [-0.39, 0.29) is 42.5 Å². The van der Waals surface area contributed by atoms with Crippen LogP contribution in [0.4, 0.5) is 0 Å². The zero-order chi connectivity index (χ0) is 19.3. The van der Waals surface area contributed by atoms with Crippen LogP contribution in [0.25, 0.3) is 0 Å². The first-order valence-corrected chi connectivity index (χ1v) is 10.2. The van der Waals surface area contributed by atoms with Gasteiger partial charge in [0.1, 0.15) is 6.54 Å². The number of halogens is 1. The van der Waals surface area contributed by atoms with E-state index in [0.29, 0.717) is 17.9 Å². The average Bonchev–Trinajstić information content (AvgIpc) is 2.59. The number of nitrogens with one attached hydrogen (secondary N) is 1. The molecule has 1 amide bonds. The highest BCUT2D eigenvalue weighted by Gasteiger charge is 2.32. The minimum Gasteiger partial charge on any atom is -0.462 e. The van der Waals surface area contributed by atoms with Gasteiger partial charge in [-0.05, 0) is 51.0 Å². The molecule has 1 N–H and O–H groups in total. The van der Waals surface area contributed by atoms with Crippen LogP contribution < -0.4 is 5.32 Å². The predicted octanol–water partition coefficient (Wildman–Crippen LogP) is 1.81. The zero-order valence-electron chi connectivity index (χ0n) is 14.8. The molecule has 1 aromatic carbocycles. The molecule has 1 aliphatic rings. The third kappa shape index (κ3) is 5.43. The number of amides is 1. The summed E-state index contributed by atoms with van der Waals surface area (Å²) < 4.78 is 31.6. The monoisotopic (exact) mass is 402 g/mol. The minimum atomic E-state index is -3.60. The van der Waals surface area contributed by atoms with Crippen molar-refractivity contribution in [3.63, 3.8) is 0 Å². The summed E-state index contributed by atoms with van der Waals surface area (Å²) in [7, 11) is -3.60. The van der Waals surface area contributed by atoms with Crippen LogP contribution in [0, 0.1) is 5.92 Å². The number of nitrogens with zero attached hydrogens (tertiary/aromatic N) is 1. The zero-order valence-corrected chi connectivity index (χ0v) is 16.3. The SMILES string of the molecule is CC(C)OC(=O)CNC(=O)C1CCN(S(=O)(=O)c2ccc(Cl)cc2)CC1. The number of hydrogen-bond acceptors (Lipinski definition) is 5. The summed E-state index contributed by atoms with van der Waals surface area (Å²) in [6.07, 6.45) is 0.566. The standard InChI is InChI=1S/C17H23ClN2O5S/c1-12(2)25-16(21)11-19-17(22)13-7-9-20(10-8-13)26(23,24)15-5-3-14(18)4-6-15/h3-6,12-13H,7-11H2,1-2H3,(H,19,22). The van der Waals surface area contributed by atoms with Crippen molar-refractivity contribution in [3.8, 4) is 0 Å². The highest BCUT2D eigenvalue weighted by Crippen LogP contribution is 2.24. The largest absolute Gasteiger partial charge is 0.462 e. The van der Waals surface area contributed by atoms with Gasteiger partial charge in [0.05, 0.1) is 11.0 Å². The van der Waals surface area contributed by atoms with E-state index in [0.717, 1.165) is 0 Å². The lowest BCUT2D eigenvalue weighted by atomic mass is 9.97. The van der Waals surface area contributed by atoms with Gasteiger partial charge >= 0.3 is 5.97 Å². The van der Waals surface area contributed by atoms with Crippen LogP contribution in [-0.4, -0.2) is 50.3 Å². The van der Waals surface area contributed by atoms with Gasteiger partial charge in [0.15, 0.2) is 0 Å². The first kappa shape index (κ1) is 20.7. The lowest BCUT2D eigenvalue weighted by molar-refractivity contribution is -0.147. The first-order chi connectivity index (χ1) is 12.2. The molecule has 2 rings (SSSR count). The lowest BCUT2D eigenvalue weighted by Gasteiger charge is -2.30. The number of sulfonamides is 1. The molecule has 144 valence electrons. The molecule has 0 bridgehead atoms. The van der Waals surface area contributed by atoms with Crippen molar-refractivity contribution >= 4 is 33.5 Å². The van der Waals surface area contributed by atoms with Crippen LogP contribution >= 0.6 is 11.6 Å². The van der Waals surface area contributed by atoms with E-state index in [2.05, 4.69) is 5.32 Å². The van der Waals surface area contributed by atoms with E-state index in [4.69, 9.17) is 16.3 Å². The number of benzene rings is 1. The third-order valence-electron chi connectivity index (χ3n) is 4.05. The fourth-order valence-corrected chi connectivity index (χ4v) is 4.32. The van der Waals surface area contributed by atoms with E-state index >= 15 is 0 Å². The maximum atomic E-state index is 12.6. The Morgan fingerprint density at radius 3 is 2.35 bits per heavy atom. The number of esters is 1. The molecule has 0 radical (unpaired) electrons. The molecule has 0 aromatic heterocycles. The third-order valence-corrected chi connectivity index (χ3v) is 6.22. The molecule has 1 fully saturated rings. The molecular weight excluding hydrogens is 380 g/mol. The van der Waals surface area contributed by atoms with Gasteiger partial charge in [-0.25, -0.2) is 8.42 Å². The number of carbonyl (C=O) groups excluding carboxylic acids is 2. The molecule has 1 saturated heterocycles. The number of rotatable bonds is 6. The fourth-order valence-electron chi connectivity index (χ4n) is 2.72. The second-order valence-electron chi connectivity index (χ2n) is 6.39. The van der Waals surface area contributed by atoms with E-state index in [1.165, 1.54) is 28.6 Å². The van der Waals surface area contributed by atoms with E-state index in [9.17, 15) is 18.0 Å². The molecule has 9 heteroatoms. The summed E-state index contributed by atoms with van der Waals surface area (Å²) in [4.78, 5) is 23.8. The first-order valence-electron chi connectivity index (χ1n) is 8.43. The Labute approximate surface area is 158 Å². The Bertz CT molecular complexity index is 741. The Hall–Kier alpha value is -1.64. The minimum absolute atomic E-state index is 0.180. The second kappa shape index (κ2) is 8.83. The summed E-state index contributed by atoms with van der Waals surface area (Å²) in [6, 6.07) is 6.00. The summed E-state index contributed by atoms with van der Waals surface area (Å²) >= 11 is 5.80. The van der Waals surface area contributed by atoms with Gasteiger partial charge in [-0.2, -0.15) is 4.31 Å². The van der Waals surface area contributed by atoms with Gasteiger partial charge in [-0.1, -0.05) is 11.6 Å². The van der Waals surface area contributed by atoms with Crippen molar-refractivity contribution < 1.29 is 22.7 Å². The van der Waals surface area contributed by atoms with Crippen molar-refractivity contribution in [2.24, 2.45) is 5.92 Å². The lowest BCUT2D eigenvalue weighted by Crippen LogP contribution is -2.44. The maximum absolute atomic E-state index is 12.6. The molecule has 26 heavy (non-hydrogen) atoms. The highest BCUT2D eigenvalue weighted by atomic mass is 35.5. The average molecular weight is 403 g/mol. The van der Waals surface area contributed by atoms with Gasteiger partial charge < -0.3 is 10.1 Å². The smallest absolute Gasteiger partial charge is 0.325 e. The molecule has 0 atom stereocenters. The molecule has 0 spiro atoms. The van der Waals surface area contributed by atoms with Gasteiger partial charge in [0.25, 0.3) is 0 Å². The van der Waals surface area contributed by atoms with Crippen molar-refractivity contribution in [2.75, 3.05) is 19.6 Å². The number of ether oxygens (including phenoxy) is 1. The Kier molecular flexibility index (Phi) is 7.02. The molecular formula is C17H23ClN2O5S. The van der Waals surface area contributed by atoms with Crippen molar-refractivity contribution in [3.05, 3.63) is 29.3 Å². The van der Waals surface area contributed by atoms with E-state index in [1.54, 1.807) is 13.8 Å². The normalized spacial score (nSPS) is 16.5. The van der Waals surface area contributed by atoms with Crippen LogP contribution in [0.3, 0.4) is 0 Å². The van der Waals surface area contributed by atoms with E-state index in [1.807, 2.05) is 0 Å². The quantitative estimate of drug-likeness (QED) is 0.732. The van der Waals surface area contributed by atoms with Crippen LogP contribution in [0.1, 0.15) is 26.7 Å². The van der Waals surface area contributed by atoms with Crippen molar-refractivity contribution in [1.29, 1.82) is 0 Å². The maximum Gasteiger partial charge on any atom is 0.325 e. The predicted molar refractivity (Wildman–Crippen MR) is 97.2 cm³/mol. The topological polar surface area (TPSA) is 92.8 Å². The van der Waals surface area contributed by atoms with Gasteiger partial charge in [-0.3, -0.25) is 9.59 Å². The number of carbonyl (C=O) groups is 2. The fraction of sp³-hybridized carbons (Fsp3) is 0.529. The Morgan fingerprint density at radius 1 is 1.23 bits per heavy atom. The Morgan fingerprint density at radius 2 is 1.81 bits per heavy atom. The van der Waals surface area contributed by atoms with Crippen LogP contribution in [0.2, 0.25) is 5.02 Å². The molecule has 1 aromatic rings. The van der Waals surface area contributed by atoms with Crippen LogP contribution in [0.15, 0.2) is 29.2 Å². The second-order valence-corrected chi connectivity index (χ2v) is 8.76. The van der Waals surface area contributed by atoms with Crippen molar-refractivity contribution in [2.45, 2.75) is 37.7 Å². The molecule has 7 nitrogen and oxygen atoms in total. The summed E-state index contributed by atoms with van der Waals surface area (Å²) in [6.45, 7) is 3.78. The highest BCUT2D eigenvalue weighted by molar-refractivity contribution is 7.89. The molecule has 0 unspecified atom stereocenters. The molecule has 1 heterocycles. The van der Waals surface area contributed by atoms with E-state index < -0.39 is 16.0 Å².